The average Bonchev–Trinajstić information content (AvgIpc) is 3.55. The van der Waals surface area contributed by atoms with Crippen molar-refractivity contribution in [3.63, 3.8) is 0 Å². The summed E-state index contributed by atoms with van der Waals surface area (Å²) in [4.78, 5) is 30.5. The molecule has 1 N–H and O–H groups in total. The highest BCUT2D eigenvalue weighted by atomic mass is 19.1. The second kappa shape index (κ2) is 10.5. The van der Waals surface area contributed by atoms with Crippen LogP contribution in [0.15, 0.2) is 35.3 Å². The van der Waals surface area contributed by atoms with Gasteiger partial charge in [-0.1, -0.05) is 6.42 Å². The smallest absolute Gasteiger partial charge is 0.254 e. The maximum atomic E-state index is 14.1. The van der Waals surface area contributed by atoms with E-state index >= 15 is 0 Å². The lowest BCUT2D eigenvalue weighted by atomic mass is 9.42. The van der Waals surface area contributed by atoms with Crippen LogP contribution in [0.25, 0.3) is 28.1 Å². The second-order valence-electron chi connectivity index (χ2n) is 15.5. The maximum Gasteiger partial charge on any atom is 0.254 e. The lowest BCUT2D eigenvalue weighted by Crippen LogP contribution is -2.70. The molecule has 0 aromatic carbocycles. The molecule has 1 spiro atoms. The number of alkyl halides is 1. The molecule has 6 heterocycles. The first-order valence-corrected chi connectivity index (χ1v) is 17.6. The van der Waals surface area contributed by atoms with Gasteiger partial charge in [0.05, 0.1) is 30.2 Å². The number of rotatable bonds is 8. The summed E-state index contributed by atoms with van der Waals surface area (Å²) in [6.45, 7) is 7.24. The van der Waals surface area contributed by atoms with E-state index < -0.39 is 17.1 Å². The first-order chi connectivity index (χ1) is 23.1. The summed E-state index contributed by atoms with van der Waals surface area (Å²) in [5.74, 6) is 0.972. The van der Waals surface area contributed by atoms with Crippen molar-refractivity contribution in [3.05, 3.63) is 47.3 Å². The predicted octanol–water partition coefficient (Wildman–Crippen LogP) is 5.15. The Balaban J connectivity index is 1.07. The van der Waals surface area contributed by atoms with Gasteiger partial charge in [0.15, 0.2) is 5.88 Å². The van der Waals surface area contributed by atoms with E-state index in [1.54, 1.807) is 7.11 Å². The van der Waals surface area contributed by atoms with Crippen LogP contribution in [0.4, 0.5) is 4.39 Å². The highest BCUT2D eigenvalue weighted by Crippen LogP contribution is 2.69. The summed E-state index contributed by atoms with van der Waals surface area (Å²) in [6, 6.07) is 9.44. The van der Waals surface area contributed by atoms with Crippen molar-refractivity contribution in [1.29, 1.82) is 0 Å². The van der Waals surface area contributed by atoms with E-state index in [0.29, 0.717) is 42.3 Å². The summed E-state index contributed by atoms with van der Waals surface area (Å²) in [5, 5.41) is 17.7. The number of methoxy groups -OCH3 is 1. The van der Waals surface area contributed by atoms with Crippen molar-refractivity contribution in [2.24, 2.45) is 16.3 Å². The van der Waals surface area contributed by atoms with Gasteiger partial charge in [0.1, 0.15) is 22.7 Å². The van der Waals surface area contributed by atoms with E-state index in [1.807, 2.05) is 47.4 Å². The van der Waals surface area contributed by atoms with Gasteiger partial charge in [-0.3, -0.25) is 14.2 Å². The minimum absolute atomic E-state index is 0.0121. The number of pyridine rings is 2. The molecule has 6 fully saturated rings. The standard InChI is InChI=1S/C37H44FN7O3/c1-22(40-34(47)35-18-36(38,19-35)20-35)27-9-8-25-14-28(44(32(25)41-27)17-24-6-7-24)31-23(2)45-29(42-31)15-26(16-30(45)48-3)33(46)43-13-11-37(21-43)10-4-5-12-39-37/h8-9,14-16,22,24,39H,4-7,10-13,17-21H2,1-3H3,(H,40,47)/p-1. The van der Waals surface area contributed by atoms with Crippen LogP contribution in [0.3, 0.4) is 0 Å². The van der Waals surface area contributed by atoms with Gasteiger partial charge in [-0.25, -0.2) is 14.4 Å². The number of imidazole rings is 1. The summed E-state index contributed by atoms with van der Waals surface area (Å²) in [7, 11) is 1.63. The minimum atomic E-state index is -1.13. The van der Waals surface area contributed by atoms with E-state index in [1.165, 1.54) is 25.7 Å². The van der Waals surface area contributed by atoms with E-state index in [4.69, 9.17) is 14.7 Å². The molecule has 2 bridgehead atoms. The van der Waals surface area contributed by atoms with Crippen LogP contribution in [-0.4, -0.2) is 73.6 Å². The normalized spacial score (nSPS) is 29.0. The molecular weight excluding hydrogens is 609 g/mol. The molecule has 2 unspecified atom stereocenters. The fraction of sp³-hybridized carbons (Fsp3) is 0.568. The third-order valence-electron chi connectivity index (χ3n) is 11.9. The van der Waals surface area contributed by atoms with Crippen molar-refractivity contribution in [3.8, 4) is 17.3 Å². The van der Waals surface area contributed by atoms with Gasteiger partial charge < -0.3 is 24.6 Å². The molecule has 4 saturated carbocycles. The number of piperidine rings is 1. The van der Waals surface area contributed by atoms with Gasteiger partial charge in [0.25, 0.3) is 5.91 Å². The number of carbonyl (C=O) groups excluding carboxylic acids is 1. The van der Waals surface area contributed by atoms with Gasteiger partial charge in [0.2, 0.25) is 0 Å². The summed E-state index contributed by atoms with van der Waals surface area (Å²) in [5.41, 5.74) is 3.85. The number of halogens is 1. The Labute approximate surface area is 279 Å². The molecule has 252 valence electrons. The monoisotopic (exact) mass is 652 g/mol. The van der Waals surface area contributed by atoms with Crippen molar-refractivity contribution < 1.29 is 19.0 Å². The lowest BCUT2D eigenvalue weighted by molar-refractivity contribution is -0.279. The number of aromatic nitrogens is 4. The van der Waals surface area contributed by atoms with Gasteiger partial charge in [-0.15, -0.1) is 0 Å². The Bertz CT molecular complexity index is 1980. The molecule has 48 heavy (non-hydrogen) atoms. The highest BCUT2D eigenvalue weighted by molar-refractivity contribution is 5.96. The number of carbonyl (C=O) groups is 1. The first kappa shape index (κ1) is 30.1. The van der Waals surface area contributed by atoms with Crippen molar-refractivity contribution in [2.75, 3.05) is 26.7 Å². The van der Waals surface area contributed by atoms with Gasteiger partial charge in [-0.05, 0) is 108 Å². The SMILES string of the molecule is COc1cc(C(=O)N2CCC3(CCCCN3)C2)cc2nc(-c3cc4ccc(C(C)N=C([O-])C56CC(F)(C5)C6)nc4n3CC3CC3)c(C)n12. The maximum absolute atomic E-state index is 14.1. The second-order valence-corrected chi connectivity index (χ2v) is 15.5. The molecule has 0 radical (unpaired) electrons. The number of aryl methyl sites for hydroxylation is 1. The molecule has 11 heteroatoms. The van der Waals surface area contributed by atoms with Crippen molar-refractivity contribution in [2.45, 2.75) is 95.4 Å². The molecule has 4 aromatic heterocycles. The van der Waals surface area contributed by atoms with E-state index in [9.17, 15) is 14.3 Å². The minimum Gasteiger partial charge on any atom is -0.862 e. The number of aliphatic imine (C=N–C) groups is 1. The topological polar surface area (TPSA) is 112 Å². The molecule has 10 nitrogen and oxygen atoms in total. The molecule has 2 saturated heterocycles. The van der Waals surface area contributed by atoms with Gasteiger partial charge in [0, 0.05) is 47.6 Å². The zero-order valence-corrected chi connectivity index (χ0v) is 28.0. The van der Waals surface area contributed by atoms with Gasteiger partial charge in [-0.2, -0.15) is 0 Å². The number of nitrogens with zero attached hydrogens (tertiary/aromatic N) is 6. The van der Waals surface area contributed by atoms with E-state index in [2.05, 4.69) is 20.9 Å². The number of fused-ring (bicyclic) bond motifs is 2. The molecule has 4 aliphatic carbocycles. The van der Waals surface area contributed by atoms with Crippen LogP contribution in [0, 0.1) is 18.3 Å². The molecule has 4 aromatic rings. The number of ether oxygens (including phenoxy) is 1. The van der Waals surface area contributed by atoms with Crippen LogP contribution in [0.1, 0.15) is 92.5 Å². The fourth-order valence-electron chi connectivity index (χ4n) is 8.98. The van der Waals surface area contributed by atoms with E-state index in [-0.39, 0.29) is 17.3 Å². The average molecular weight is 653 g/mol. The first-order valence-electron chi connectivity index (χ1n) is 17.6. The zero-order valence-electron chi connectivity index (χ0n) is 28.0. The molecule has 6 aliphatic rings. The Morgan fingerprint density at radius 3 is 2.69 bits per heavy atom. The highest BCUT2D eigenvalue weighted by Gasteiger charge is 2.69. The zero-order chi connectivity index (χ0) is 33.0. The summed E-state index contributed by atoms with van der Waals surface area (Å²) in [6.07, 6.45) is 7.77. The van der Waals surface area contributed by atoms with Crippen LogP contribution in [0.5, 0.6) is 5.88 Å². The van der Waals surface area contributed by atoms with Gasteiger partial charge >= 0.3 is 0 Å². The van der Waals surface area contributed by atoms with E-state index in [0.717, 1.165) is 72.8 Å². The van der Waals surface area contributed by atoms with Crippen LogP contribution >= 0.6 is 0 Å². The quantitative estimate of drug-likeness (QED) is 0.208. The Morgan fingerprint density at radius 2 is 1.98 bits per heavy atom. The molecule has 10 rings (SSSR count). The lowest BCUT2D eigenvalue weighted by Gasteiger charge is -2.67. The Morgan fingerprint density at radius 1 is 1.17 bits per heavy atom. The summed E-state index contributed by atoms with van der Waals surface area (Å²) < 4.78 is 24.2. The molecular formula is C37H43FN7O3-. The Hall–Kier alpha value is -3.99. The fourth-order valence-corrected chi connectivity index (χ4v) is 8.98. The van der Waals surface area contributed by atoms with Crippen LogP contribution in [0.2, 0.25) is 0 Å². The summed E-state index contributed by atoms with van der Waals surface area (Å²) >= 11 is 0. The number of hydrogen-bond donors (Lipinski definition) is 1. The Kier molecular flexibility index (Phi) is 6.59. The molecule has 2 aliphatic heterocycles. The number of likely N-dealkylation sites (tertiary alicyclic amines) is 1. The van der Waals surface area contributed by atoms with Crippen molar-refractivity contribution in [1.82, 2.24) is 29.2 Å². The predicted molar refractivity (Wildman–Crippen MR) is 179 cm³/mol. The third kappa shape index (κ3) is 4.67. The number of amides is 1. The number of nitrogens with one attached hydrogen (secondary N) is 1. The third-order valence-corrected chi connectivity index (χ3v) is 11.9. The largest absolute Gasteiger partial charge is 0.862 e. The van der Waals surface area contributed by atoms with Crippen LogP contribution < -0.4 is 15.2 Å². The molecule has 1 amide bonds. The molecule has 2 atom stereocenters. The van der Waals surface area contributed by atoms with Crippen LogP contribution in [-0.2, 0) is 6.54 Å². The van der Waals surface area contributed by atoms with Crippen molar-refractivity contribution >= 4 is 28.5 Å². The number of hydrogen-bond acceptors (Lipinski definition) is 7.